The predicted octanol–water partition coefficient (Wildman–Crippen LogP) is 4.25. The number of nitriles is 1. The number of halogens is 3. The van der Waals surface area contributed by atoms with Gasteiger partial charge in [-0.3, -0.25) is 13.9 Å². The highest BCUT2D eigenvalue weighted by Crippen LogP contribution is 2.46. The van der Waals surface area contributed by atoms with Gasteiger partial charge in [0.15, 0.2) is 5.78 Å². The first-order valence-electron chi connectivity index (χ1n) is 10.7. The van der Waals surface area contributed by atoms with Crippen LogP contribution in [0.5, 0.6) is 0 Å². The molecule has 0 radical (unpaired) electrons. The third-order valence-corrected chi connectivity index (χ3v) is 6.98. The number of nitrogens with one attached hydrogen (secondary N) is 1. The minimum Gasteiger partial charge on any atom is -0.341 e. The number of anilines is 1. The van der Waals surface area contributed by atoms with Crippen molar-refractivity contribution >= 4 is 34.3 Å². The van der Waals surface area contributed by atoms with Crippen molar-refractivity contribution < 1.29 is 31.8 Å². The highest BCUT2D eigenvalue weighted by atomic mass is 32.2. The number of hydrogen-bond acceptors (Lipinski definition) is 5. The monoisotopic (exact) mass is 516 g/mol. The lowest BCUT2D eigenvalue weighted by Gasteiger charge is -2.41. The van der Waals surface area contributed by atoms with Gasteiger partial charge in [0.25, 0.3) is 0 Å². The summed E-state index contributed by atoms with van der Waals surface area (Å²) in [5.74, 6) is -0.398. The highest BCUT2D eigenvalue weighted by molar-refractivity contribution is 7.84. The predicted molar refractivity (Wildman–Crippen MR) is 123 cm³/mol. The number of nitrogens with zero attached hydrogens (tertiary/aromatic N) is 3. The molecule has 2 aliphatic rings. The van der Waals surface area contributed by atoms with Gasteiger partial charge in [-0.2, -0.15) is 18.4 Å². The molecule has 1 aliphatic carbocycles. The van der Waals surface area contributed by atoms with Gasteiger partial charge in [-0.25, -0.2) is 14.5 Å². The van der Waals surface area contributed by atoms with Crippen LogP contribution in [0.3, 0.4) is 0 Å². The van der Waals surface area contributed by atoms with E-state index < -0.39 is 46.4 Å². The summed E-state index contributed by atoms with van der Waals surface area (Å²) >= 11 is 0. The lowest BCUT2D eigenvalue weighted by molar-refractivity contribution is -0.137. The number of amides is 4. The average Bonchev–Trinajstić information content (AvgIpc) is 3.22. The van der Waals surface area contributed by atoms with Crippen molar-refractivity contribution in [1.29, 1.82) is 5.26 Å². The zero-order valence-corrected chi connectivity index (χ0v) is 19.9. The molecule has 8 nitrogen and oxygen atoms in total. The van der Waals surface area contributed by atoms with Crippen LogP contribution in [0.2, 0.25) is 0 Å². The quantitative estimate of drug-likeness (QED) is 0.656. The molecule has 12 heteroatoms. The van der Waals surface area contributed by atoms with Crippen LogP contribution in [-0.4, -0.2) is 40.3 Å². The zero-order chi connectivity index (χ0) is 26.4. The van der Waals surface area contributed by atoms with E-state index in [0.717, 1.165) is 28.0 Å². The van der Waals surface area contributed by atoms with E-state index in [-0.39, 0.29) is 45.8 Å². The molecule has 0 bridgehead atoms. The fourth-order valence-electron chi connectivity index (χ4n) is 4.45. The van der Waals surface area contributed by atoms with Crippen molar-refractivity contribution in [2.45, 2.75) is 30.0 Å². The van der Waals surface area contributed by atoms with Crippen molar-refractivity contribution in [2.24, 2.45) is 0 Å². The zero-order valence-electron chi connectivity index (χ0n) is 19.0. The van der Waals surface area contributed by atoms with Gasteiger partial charge in [0.2, 0.25) is 0 Å². The summed E-state index contributed by atoms with van der Waals surface area (Å²) in [6.45, 7) is 0. The van der Waals surface area contributed by atoms with Gasteiger partial charge in [0.05, 0.1) is 39.7 Å². The third kappa shape index (κ3) is 4.15. The number of allylic oxidation sites excluding steroid dienone is 1. The number of Topliss-reactive ketones (excluding diaryl/α,β-unsaturated/α-hetero) is 1. The molecule has 1 unspecified atom stereocenters. The number of hydrogen-bond donors (Lipinski definition) is 1. The van der Waals surface area contributed by atoms with Crippen LogP contribution in [0.1, 0.15) is 35.6 Å². The topological polar surface area (TPSA) is 111 Å². The molecule has 0 fully saturated rings. The lowest BCUT2D eigenvalue weighted by atomic mass is 9.92. The van der Waals surface area contributed by atoms with Crippen molar-refractivity contribution in [1.82, 2.24) is 10.2 Å². The third-order valence-electron chi connectivity index (χ3n) is 6.01. The molecular weight excluding hydrogens is 497 g/mol. The summed E-state index contributed by atoms with van der Waals surface area (Å²) in [6, 6.07) is 7.03. The Morgan fingerprint density at radius 2 is 1.89 bits per heavy atom. The van der Waals surface area contributed by atoms with Crippen LogP contribution in [-0.2, 0) is 21.8 Å². The number of imide groups is 1. The van der Waals surface area contributed by atoms with Crippen LogP contribution in [0.4, 0.5) is 28.4 Å². The van der Waals surface area contributed by atoms with Crippen molar-refractivity contribution in [3.8, 4) is 6.07 Å². The Labute approximate surface area is 206 Å². The van der Waals surface area contributed by atoms with Crippen molar-refractivity contribution in [3.63, 3.8) is 0 Å². The standard InChI is InChI=1S/C24H19F3N4O4S/c1-29-22(33)31-21(16-7-6-13(12-28)10-19(16)36(2)35)20-17(8-9-18(20)32)30(23(31)34)15-5-3-4-14(11-15)24(25,26)27/h3-7,10-11,21H,8-9H2,1-2H3,(H,29,33)/t21-,36?/m1/s1. The Bertz CT molecular complexity index is 1400. The smallest absolute Gasteiger partial charge is 0.341 e. The van der Waals surface area contributed by atoms with Gasteiger partial charge in [0, 0.05) is 35.9 Å². The van der Waals surface area contributed by atoms with Gasteiger partial charge in [-0.15, -0.1) is 0 Å². The number of urea groups is 2. The van der Waals surface area contributed by atoms with Crippen LogP contribution in [0.25, 0.3) is 0 Å². The van der Waals surface area contributed by atoms with Crippen LogP contribution in [0.15, 0.2) is 58.6 Å². The highest BCUT2D eigenvalue weighted by Gasteiger charge is 2.49. The molecule has 1 heterocycles. The molecule has 186 valence electrons. The van der Waals surface area contributed by atoms with Gasteiger partial charge >= 0.3 is 18.2 Å². The Kier molecular flexibility index (Phi) is 6.44. The molecule has 4 amide bonds. The first-order chi connectivity index (χ1) is 17.0. The average molecular weight is 517 g/mol. The molecule has 0 saturated carbocycles. The molecule has 1 N–H and O–H groups in total. The summed E-state index contributed by atoms with van der Waals surface area (Å²) in [5, 5.41) is 11.6. The molecule has 4 rings (SSSR count). The maximum absolute atomic E-state index is 13.8. The van der Waals surface area contributed by atoms with Crippen LogP contribution in [0, 0.1) is 11.3 Å². The Morgan fingerprint density at radius 1 is 1.17 bits per heavy atom. The van der Waals surface area contributed by atoms with E-state index in [9.17, 15) is 37.0 Å². The van der Waals surface area contributed by atoms with Gasteiger partial charge in [0.1, 0.15) is 0 Å². The summed E-state index contributed by atoms with van der Waals surface area (Å²) in [7, 11) is -0.402. The first-order valence-corrected chi connectivity index (χ1v) is 12.2. The van der Waals surface area contributed by atoms with Gasteiger partial charge in [-0.1, -0.05) is 12.1 Å². The van der Waals surface area contributed by atoms with E-state index in [0.29, 0.717) is 0 Å². The first kappa shape index (κ1) is 25.1. The molecule has 0 saturated heterocycles. The molecule has 36 heavy (non-hydrogen) atoms. The summed E-state index contributed by atoms with van der Waals surface area (Å²) in [5.41, 5.74) is -0.529. The fraction of sp³-hybridized carbons (Fsp3) is 0.250. The molecule has 2 atom stereocenters. The van der Waals surface area contributed by atoms with Gasteiger partial charge < -0.3 is 5.32 Å². The number of carbonyl (C=O) groups is 3. The van der Waals surface area contributed by atoms with E-state index in [1.54, 1.807) is 0 Å². The maximum Gasteiger partial charge on any atom is 0.416 e. The second-order valence-electron chi connectivity index (χ2n) is 8.10. The summed E-state index contributed by atoms with van der Waals surface area (Å²) in [6.07, 6.45) is -3.28. The van der Waals surface area contributed by atoms with Crippen LogP contribution < -0.4 is 10.2 Å². The number of ketones is 1. The van der Waals surface area contributed by atoms with E-state index in [4.69, 9.17) is 0 Å². The molecule has 0 aromatic heterocycles. The Balaban J connectivity index is 2.00. The normalized spacial score (nSPS) is 18.7. The van der Waals surface area contributed by atoms with Crippen molar-refractivity contribution in [3.05, 3.63) is 70.4 Å². The van der Waals surface area contributed by atoms with Gasteiger partial charge in [-0.05, 0) is 42.3 Å². The minimum atomic E-state index is -4.68. The number of rotatable bonds is 3. The molecule has 0 spiro atoms. The molecule has 1 aliphatic heterocycles. The van der Waals surface area contributed by atoms with Crippen LogP contribution >= 0.6 is 0 Å². The fourth-order valence-corrected chi connectivity index (χ4v) is 5.26. The lowest BCUT2D eigenvalue weighted by Crippen LogP contribution is -2.55. The van der Waals surface area contributed by atoms with E-state index in [1.165, 1.54) is 37.6 Å². The molecular formula is C24H19F3N4O4S. The van der Waals surface area contributed by atoms with E-state index >= 15 is 0 Å². The SMILES string of the molecule is CNC(=O)N1C(=O)N(c2cccc(C(F)(F)F)c2)C2=C(C(=O)CC2)[C@H]1c1ccc(C#N)cc1S(C)=O. The summed E-state index contributed by atoms with van der Waals surface area (Å²) in [4.78, 5) is 41.7. The second-order valence-corrected chi connectivity index (χ2v) is 9.44. The Hall–Kier alpha value is -3.98. The number of alkyl halides is 3. The number of benzene rings is 2. The van der Waals surface area contributed by atoms with E-state index in [2.05, 4.69) is 5.32 Å². The number of carbonyl (C=O) groups excluding carboxylic acids is 3. The Morgan fingerprint density at radius 3 is 2.50 bits per heavy atom. The molecule has 2 aromatic rings. The molecule has 2 aromatic carbocycles. The van der Waals surface area contributed by atoms with E-state index in [1.807, 2.05) is 6.07 Å². The maximum atomic E-state index is 13.8. The minimum absolute atomic E-state index is 0.0215. The summed E-state index contributed by atoms with van der Waals surface area (Å²) < 4.78 is 52.7. The second kappa shape index (κ2) is 9.23. The van der Waals surface area contributed by atoms with Crippen molar-refractivity contribution in [2.75, 3.05) is 18.2 Å². The largest absolute Gasteiger partial charge is 0.416 e.